The highest BCUT2D eigenvalue weighted by molar-refractivity contribution is 7.13. The number of hydrogen-bond acceptors (Lipinski definition) is 5. The molecule has 1 N–H and O–H groups in total. The van der Waals surface area contributed by atoms with Gasteiger partial charge in [-0.25, -0.2) is 0 Å². The molecule has 7 heteroatoms. The lowest BCUT2D eigenvalue weighted by atomic mass is 10.1. The molecule has 3 aromatic rings. The van der Waals surface area contributed by atoms with Crippen molar-refractivity contribution in [3.63, 3.8) is 0 Å². The molecule has 0 atom stereocenters. The zero-order valence-corrected chi connectivity index (χ0v) is 14.1. The van der Waals surface area contributed by atoms with Crippen LogP contribution in [0.5, 0.6) is 0 Å². The molecule has 1 aromatic carbocycles. The second kappa shape index (κ2) is 6.45. The third-order valence-electron chi connectivity index (χ3n) is 3.82. The molecule has 0 unspecified atom stereocenters. The largest absolute Gasteiger partial charge is 0.461 e. The van der Waals surface area contributed by atoms with Gasteiger partial charge < -0.3 is 9.72 Å². The molecule has 6 nitrogen and oxygen atoms in total. The molecule has 0 saturated carbocycles. The van der Waals surface area contributed by atoms with E-state index in [1.165, 1.54) is 6.07 Å². The van der Waals surface area contributed by atoms with Gasteiger partial charge in [0.25, 0.3) is 0 Å². The number of benzene rings is 1. The number of carbonyl (C=O) groups excluding carboxylic acids is 1. The Hall–Kier alpha value is -2.67. The summed E-state index contributed by atoms with van der Waals surface area (Å²) in [5.74, 6) is -0.352. The van der Waals surface area contributed by atoms with Crippen molar-refractivity contribution in [2.75, 3.05) is 0 Å². The second-order valence-corrected chi connectivity index (χ2v) is 6.56. The number of ether oxygens (including phenoxy) is 1. The fraction of sp³-hybridized carbons (Fsp3) is 0.235. The summed E-state index contributed by atoms with van der Waals surface area (Å²) >= 11 is 1.03. The Labute approximate surface area is 142 Å². The van der Waals surface area contributed by atoms with Gasteiger partial charge in [-0.3, -0.25) is 14.9 Å². The van der Waals surface area contributed by atoms with E-state index in [-0.39, 0.29) is 24.0 Å². The van der Waals surface area contributed by atoms with E-state index in [9.17, 15) is 14.9 Å². The summed E-state index contributed by atoms with van der Waals surface area (Å²) in [5, 5.41) is 13.4. The van der Waals surface area contributed by atoms with Crippen molar-refractivity contribution >= 4 is 33.2 Å². The van der Waals surface area contributed by atoms with E-state index in [1.54, 1.807) is 5.38 Å². The molecule has 0 saturated heterocycles. The van der Waals surface area contributed by atoms with Crippen LogP contribution >= 0.6 is 11.3 Å². The van der Waals surface area contributed by atoms with E-state index in [4.69, 9.17) is 4.74 Å². The molecular formula is C17H16N2O4S. The first-order valence-corrected chi connectivity index (χ1v) is 8.27. The van der Waals surface area contributed by atoms with E-state index < -0.39 is 4.92 Å². The fourth-order valence-electron chi connectivity index (χ4n) is 2.62. The lowest BCUT2D eigenvalue weighted by Gasteiger charge is -2.04. The average Bonchev–Trinajstić information content (AvgIpc) is 3.11. The highest BCUT2D eigenvalue weighted by Crippen LogP contribution is 2.25. The maximum Gasteiger partial charge on any atom is 0.324 e. The summed E-state index contributed by atoms with van der Waals surface area (Å²) in [6.07, 6.45) is 0.168. The number of esters is 1. The number of hydrogen-bond donors (Lipinski definition) is 1. The average molecular weight is 344 g/mol. The van der Waals surface area contributed by atoms with Crippen LogP contribution in [0.15, 0.2) is 29.6 Å². The first-order valence-electron chi connectivity index (χ1n) is 7.39. The summed E-state index contributed by atoms with van der Waals surface area (Å²) in [6, 6.07) is 7.49. The van der Waals surface area contributed by atoms with Crippen molar-refractivity contribution in [1.82, 2.24) is 4.98 Å². The molecule has 0 aliphatic heterocycles. The van der Waals surface area contributed by atoms with Gasteiger partial charge in [0.15, 0.2) is 0 Å². The van der Waals surface area contributed by atoms with Crippen LogP contribution in [0.4, 0.5) is 5.00 Å². The lowest BCUT2D eigenvalue weighted by molar-refractivity contribution is -0.380. The lowest BCUT2D eigenvalue weighted by Crippen LogP contribution is -2.08. The second-order valence-electron chi connectivity index (χ2n) is 5.67. The summed E-state index contributed by atoms with van der Waals surface area (Å²) in [4.78, 5) is 25.6. The van der Waals surface area contributed by atoms with E-state index in [1.807, 2.05) is 32.0 Å². The number of carbonyl (C=O) groups is 1. The van der Waals surface area contributed by atoms with Crippen molar-refractivity contribution in [2.24, 2.45) is 0 Å². The van der Waals surface area contributed by atoms with Crippen molar-refractivity contribution in [2.45, 2.75) is 26.9 Å². The van der Waals surface area contributed by atoms with Gasteiger partial charge in [0.1, 0.15) is 6.61 Å². The molecule has 24 heavy (non-hydrogen) atoms. The monoisotopic (exact) mass is 344 g/mol. The van der Waals surface area contributed by atoms with Crippen molar-refractivity contribution < 1.29 is 14.5 Å². The smallest absolute Gasteiger partial charge is 0.324 e. The Balaban J connectivity index is 1.69. The van der Waals surface area contributed by atoms with Gasteiger partial charge in [-0.2, -0.15) is 0 Å². The van der Waals surface area contributed by atoms with Gasteiger partial charge in [0, 0.05) is 33.6 Å². The number of nitro groups is 1. The van der Waals surface area contributed by atoms with Gasteiger partial charge in [-0.1, -0.05) is 23.0 Å². The maximum atomic E-state index is 12.1. The normalized spacial score (nSPS) is 10.9. The standard InChI is InChI=1S/C17H16N2O4S/c1-10-3-4-15-14(5-10)13(11(2)18-15)7-17(20)23-8-12-6-16(19(21)22)24-9-12/h3-6,9,18H,7-8H2,1-2H3. The minimum Gasteiger partial charge on any atom is -0.461 e. The molecule has 0 spiro atoms. The van der Waals surface area contributed by atoms with Gasteiger partial charge in [-0.15, -0.1) is 0 Å². The van der Waals surface area contributed by atoms with Crippen molar-refractivity contribution in [1.29, 1.82) is 0 Å². The molecule has 0 aliphatic rings. The number of H-pyrrole nitrogens is 1. The Morgan fingerprint density at radius 2 is 2.12 bits per heavy atom. The number of aromatic nitrogens is 1. The molecular weight excluding hydrogens is 328 g/mol. The number of fused-ring (bicyclic) bond motifs is 1. The van der Waals surface area contributed by atoms with E-state index in [2.05, 4.69) is 4.98 Å². The van der Waals surface area contributed by atoms with Crippen LogP contribution < -0.4 is 0 Å². The third kappa shape index (κ3) is 3.30. The van der Waals surface area contributed by atoms with Crippen LogP contribution in [0.3, 0.4) is 0 Å². The molecule has 0 fully saturated rings. The van der Waals surface area contributed by atoms with Crippen LogP contribution in [0.25, 0.3) is 10.9 Å². The van der Waals surface area contributed by atoms with Crippen LogP contribution in [0.2, 0.25) is 0 Å². The van der Waals surface area contributed by atoms with E-state index in [0.29, 0.717) is 5.56 Å². The molecule has 2 aromatic heterocycles. The first kappa shape index (κ1) is 16.2. The Kier molecular flexibility index (Phi) is 4.35. The topological polar surface area (TPSA) is 85.2 Å². The SMILES string of the molecule is Cc1ccc2[nH]c(C)c(CC(=O)OCc3csc([N+](=O)[O-])c3)c2c1. The highest BCUT2D eigenvalue weighted by atomic mass is 32.1. The summed E-state index contributed by atoms with van der Waals surface area (Å²) in [6.45, 7) is 3.98. The van der Waals surface area contributed by atoms with E-state index >= 15 is 0 Å². The van der Waals surface area contributed by atoms with Gasteiger partial charge in [0.2, 0.25) is 0 Å². The Bertz CT molecular complexity index is 926. The minimum absolute atomic E-state index is 0.0452. The first-order chi connectivity index (χ1) is 11.4. The molecule has 0 bridgehead atoms. The third-order valence-corrected chi connectivity index (χ3v) is 4.74. The maximum absolute atomic E-state index is 12.1. The number of aryl methyl sites for hydroxylation is 2. The molecule has 124 valence electrons. The van der Waals surface area contributed by atoms with Crippen LogP contribution in [0, 0.1) is 24.0 Å². The Morgan fingerprint density at radius 1 is 1.33 bits per heavy atom. The van der Waals surface area contributed by atoms with Gasteiger partial charge in [0.05, 0.1) is 11.3 Å². The van der Waals surface area contributed by atoms with Crippen LogP contribution in [-0.2, 0) is 22.6 Å². The predicted octanol–water partition coefficient (Wildman–Crippen LogP) is 4.04. The molecule has 0 amide bonds. The fourth-order valence-corrected chi connectivity index (χ4v) is 3.33. The van der Waals surface area contributed by atoms with Crippen molar-refractivity contribution in [3.05, 3.63) is 62.1 Å². The number of nitrogens with zero attached hydrogens (tertiary/aromatic N) is 1. The summed E-state index contributed by atoms with van der Waals surface area (Å²) < 4.78 is 5.26. The number of thiophene rings is 1. The highest BCUT2D eigenvalue weighted by Gasteiger charge is 2.15. The minimum atomic E-state index is -0.451. The zero-order chi connectivity index (χ0) is 17.3. The van der Waals surface area contributed by atoms with Gasteiger partial charge in [-0.05, 0) is 31.5 Å². The zero-order valence-electron chi connectivity index (χ0n) is 13.3. The summed E-state index contributed by atoms with van der Waals surface area (Å²) in [5.41, 5.74) is 4.62. The van der Waals surface area contributed by atoms with E-state index in [0.717, 1.165) is 39.1 Å². The van der Waals surface area contributed by atoms with Gasteiger partial charge >= 0.3 is 11.0 Å². The van der Waals surface area contributed by atoms with Crippen molar-refractivity contribution in [3.8, 4) is 0 Å². The van der Waals surface area contributed by atoms with Crippen LogP contribution in [-0.4, -0.2) is 15.9 Å². The number of rotatable bonds is 5. The number of aromatic amines is 1. The molecule has 3 rings (SSSR count). The molecule has 2 heterocycles. The molecule has 0 aliphatic carbocycles. The molecule has 0 radical (unpaired) electrons. The summed E-state index contributed by atoms with van der Waals surface area (Å²) in [7, 11) is 0. The predicted molar refractivity (Wildman–Crippen MR) is 92.2 cm³/mol. The van der Waals surface area contributed by atoms with Crippen LogP contribution in [0.1, 0.15) is 22.4 Å². The quantitative estimate of drug-likeness (QED) is 0.430. The number of nitrogens with one attached hydrogen (secondary N) is 1. The Morgan fingerprint density at radius 3 is 2.83 bits per heavy atom.